The smallest absolute Gasteiger partial charge is 0.127 e. The summed E-state index contributed by atoms with van der Waals surface area (Å²) < 4.78 is 10.3. The van der Waals surface area contributed by atoms with Crippen molar-refractivity contribution in [3.8, 4) is 16.2 Å². The van der Waals surface area contributed by atoms with Crippen LogP contribution < -0.4 is 4.74 Å². The molecule has 0 amide bonds. The van der Waals surface area contributed by atoms with Crippen molar-refractivity contribution in [1.29, 1.82) is 0 Å². The van der Waals surface area contributed by atoms with E-state index in [-0.39, 0.29) is 0 Å². The molecule has 0 N–H and O–H groups in total. The Morgan fingerprint density at radius 1 is 1.36 bits per heavy atom. The minimum absolute atomic E-state index is 0.864. The van der Waals surface area contributed by atoms with Crippen LogP contribution in [0.3, 0.4) is 0 Å². The number of benzene rings is 1. The standard InChI is InChI=1S/C10H8BrNOS/c1-13-8-5-3-2-4-7(8)9-6-10(11)12-14-9/h2-6H,1H3. The Morgan fingerprint density at radius 3 is 2.79 bits per heavy atom. The molecule has 2 aromatic rings. The third-order valence-corrected chi connectivity index (χ3v) is 3.32. The highest BCUT2D eigenvalue weighted by Crippen LogP contribution is 2.33. The van der Waals surface area contributed by atoms with Gasteiger partial charge < -0.3 is 4.74 Å². The molecule has 0 fully saturated rings. The molecule has 1 aromatic carbocycles. The number of nitrogens with zero attached hydrogens (tertiary/aromatic N) is 1. The zero-order valence-electron chi connectivity index (χ0n) is 7.53. The van der Waals surface area contributed by atoms with Gasteiger partial charge in [0.25, 0.3) is 0 Å². The maximum Gasteiger partial charge on any atom is 0.127 e. The number of para-hydroxylation sites is 1. The highest BCUT2D eigenvalue weighted by molar-refractivity contribution is 9.10. The van der Waals surface area contributed by atoms with E-state index in [0.29, 0.717) is 0 Å². The molecule has 1 aromatic heterocycles. The van der Waals surface area contributed by atoms with Crippen LogP contribution in [0, 0.1) is 0 Å². The number of methoxy groups -OCH3 is 1. The van der Waals surface area contributed by atoms with E-state index in [4.69, 9.17) is 4.74 Å². The van der Waals surface area contributed by atoms with Crippen LogP contribution in [-0.2, 0) is 0 Å². The summed E-state index contributed by atoms with van der Waals surface area (Å²) in [6, 6.07) is 9.91. The average Bonchev–Trinajstić information content (AvgIpc) is 2.65. The van der Waals surface area contributed by atoms with Crippen molar-refractivity contribution in [3.63, 3.8) is 0 Å². The number of hydrogen-bond acceptors (Lipinski definition) is 3. The first-order valence-electron chi connectivity index (χ1n) is 4.07. The van der Waals surface area contributed by atoms with Crippen molar-refractivity contribution in [2.24, 2.45) is 0 Å². The maximum atomic E-state index is 5.27. The van der Waals surface area contributed by atoms with Gasteiger partial charge in [0.05, 0.1) is 12.0 Å². The number of rotatable bonds is 2. The molecule has 0 unspecified atom stereocenters. The summed E-state index contributed by atoms with van der Waals surface area (Å²) >= 11 is 4.79. The Kier molecular flexibility index (Phi) is 2.84. The van der Waals surface area contributed by atoms with Crippen LogP contribution in [0.5, 0.6) is 5.75 Å². The molecule has 0 spiro atoms. The number of aromatic nitrogens is 1. The van der Waals surface area contributed by atoms with Gasteiger partial charge in [-0.05, 0) is 45.7 Å². The number of hydrogen-bond donors (Lipinski definition) is 0. The summed E-state index contributed by atoms with van der Waals surface area (Å²) in [5.41, 5.74) is 1.08. The molecule has 0 atom stereocenters. The van der Waals surface area contributed by atoms with E-state index < -0.39 is 0 Å². The summed E-state index contributed by atoms with van der Waals surface area (Å²) in [5, 5.41) is 0. The zero-order valence-corrected chi connectivity index (χ0v) is 9.93. The van der Waals surface area contributed by atoms with E-state index in [0.717, 1.165) is 20.8 Å². The zero-order chi connectivity index (χ0) is 9.97. The van der Waals surface area contributed by atoms with Crippen molar-refractivity contribution in [2.75, 3.05) is 7.11 Å². The molecule has 4 heteroatoms. The van der Waals surface area contributed by atoms with E-state index in [1.807, 2.05) is 30.3 Å². The second kappa shape index (κ2) is 4.11. The van der Waals surface area contributed by atoms with Crippen LogP contribution in [0.25, 0.3) is 10.4 Å². The molecule has 0 saturated carbocycles. The van der Waals surface area contributed by atoms with Crippen molar-refractivity contribution in [1.82, 2.24) is 4.37 Å². The van der Waals surface area contributed by atoms with E-state index in [1.165, 1.54) is 11.5 Å². The highest BCUT2D eigenvalue weighted by Gasteiger charge is 2.07. The Morgan fingerprint density at radius 2 is 2.14 bits per heavy atom. The second-order valence-electron chi connectivity index (χ2n) is 2.71. The van der Waals surface area contributed by atoms with Crippen molar-refractivity contribution in [3.05, 3.63) is 34.9 Å². The second-order valence-corrected chi connectivity index (χ2v) is 4.33. The summed E-state index contributed by atoms with van der Waals surface area (Å²) in [6.45, 7) is 0. The van der Waals surface area contributed by atoms with E-state index in [2.05, 4.69) is 20.3 Å². The van der Waals surface area contributed by atoms with Crippen LogP contribution in [0.4, 0.5) is 0 Å². The molecule has 72 valence electrons. The van der Waals surface area contributed by atoms with Crippen molar-refractivity contribution in [2.45, 2.75) is 0 Å². The Labute approximate surface area is 94.8 Å². The first-order chi connectivity index (χ1) is 6.81. The molecule has 0 aliphatic heterocycles. The fourth-order valence-electron chi connectivity index (χ4n) is 1.23. The molecular weight excluding hydrogens is 262 g/mol. The lowest BCUT2D eigenvalue weighted by Crippen LogP contribution is -1.84. The minimum Gasteiger partial charge on any atom is -0.496 e. The van der Waals surface area contributed by atoms with Crippen LogP contribution in [0.15, 0.2) is 34.9 Å². The molecule has 0 aliphatic carbocycles. The third-order valence-electron chi connectivity index (χ3n) is 1.85. The van der Waals surface area contributed by atoms with E-state index >= 15 is 0 Å². The summed E-state index contributed by atoms with van der Waals surface area (Å²) in [5.74, 6) is 0.878. The summed E-state index contributed by atoms with van der Waals surface area (Å²) in [7, 11) is 1.68. The van der Waals surface area contributed by atoms with Gasteiger partial charge in [-0.25, -0.2) is 0 Å². The van der Waals surface area contributed by atoms with Gasteiger partial charge in [-0.3, -0.25) is 0 Å². The highest BCUT2D eigenvalue weighted by atomic mass is 79.9. The topological polar surface area (TPSA) is 22.1 Å². The monoisotopic (exact) mass is 269 g/mol. The number of ether oxygens (including phenoxy) is 1. The van der Waals surface area contributed by atoms with Gasteiger partial charge in [0.1, 0.15) is 10.4 Å². The number of halogens is 1. The lowest BCUT2D eigenvalue weighted by molar-refractivity contribution is 0.416. The SMILES string of the molecule is COc1ccccc1-c1cc(Br)ns1. The van der Waals surface area contributed by atoms with Crippen LogP contribution in [0.1, 0.15) is 0 Å². The Hall–Kier alpha value is -0.870. The van der Waals surface area contributed by atoms with Crippen LogP contribution in [-0.4, -0.2) is 11.5 Å². The molecule has 0 radical (unpaired) electrons. The minimum atomic E-state index is 0.864. The maximum absolute atomic E-state index is 5.27. The fraction of sp³-hybridized carbons (Fsp3) is 0.100. The van der Waals surface area contributed by atoms with Gasteiger partial charge in [-0.2, -0.15) is 4.37 Å². The van der Waals surface area contributed by atoms with Gasteiger partial charge in [0, 0.05) is 5.56 Å². The fourth-order valence-corrected chi connectivity index (χ4v) is 2.50. The molecule has 2 nitrogen and oxygen atoms in total. The van der Waals surface area contributed by atoms with Crippen LogP contribution in [0.2, 0.25) is 0 Å². The van der Waals surface area contributed by atoms with Crippen LogP contribution >= 0.6 is 27.5 Å². The third kappa shape index (κ3) is 1.81. The summed E-state index contributed by atoms with van der Waals surface area (Å²) in [4.78, 5) is 1.11. The lowest BCUT2D eigenvalue weighted by atomic mass is 10.2. The molecule has 0 bridgehead atoms. The lowest BCUT2D eigenvalue weighted by Gasteiger charge is -2.04. The van der Waals surface area contributed by atoms with Gasteiger partial charge in [-0.15, -0.1) is 0 Å². The molecule has 0 aliphatic rings. The average molecular weight is 270 g/mol. The largest absolute Gasteiger partial charge is 0.496 e. The van der Waals surface area contributed by atoms with Gasteiger partial charge in [-0.1, -0.05) is 12.1 Å². The van der Waals surface area contributed by atoms with Crippen molar-refractivity contribution < 1.29 is 4.74 Å². The van der Waals surface area contributed by atoms with E-state index in [1.54, 1.807) is 7.11 Å². The first-order valence-corrected chi connectivity index (χ1v) is 5.63. The van der Waals surface area contributed by atoms with Gasteiger partial charge >= 0.3 is 0 Å². The molecule has 1 heterocycles. The molecule has 0 saturated heterocycles. The predicted molar refractivity (Wildman–Crippen MR) is 61.8 cm³/mol. The van der Waals surface area contributed by atoms with Gasteiger partial charge in [0.15, 0.2) is 0 Å². The summed E-state index contributed by atoms with van der Waals surface area (Å²) in [6.07, 6.45) is 0. The predicted octanol–water partition coefficient (Wildman–Crippen LogP) is 3.58. The molecule has 2 rings (SSSR count). The Bertz CT molecular complexity index is 441. The Balaban J connectivity index is 2.50. The first kappa shape index (κ1) is 9.68. The van der Waals surface area contributed by atoms with Crippen molar-refractivity contribution >= 4 is 27.5 Å². The van der Waals surface area contributed by atoms with E-state index in [9.17, 15) is 0 Å². The quantitative estimate of drug-likeness (QED) is 0.832. The molecule has 14 heavy (non-hydrogen) atoms. The molecular formula is C10H8BrNOS. The normalized spacial score (nSPS) is 10.1. The van der Waals surface area contributed by atoms with Gasteiger partial charge in [0.2, 0.25) is 0 Å².